The Morgan fingerprint density at radius 2 is 2.04 bits per heavy atom. The second-order valence-corrected chi connectivity index (χ2v) is 8.06. The molecular formula is C16H15BrN4O3S. The number of carbonyl (C=O) groups excluding carboxylic acids is 1. The maximum absolute atomic E-state index is 12.3. The number of hydrogen-bond donors (Lipinski definition) is 1. The number of pyridine rings is 1. The van der Waals surface area contributed by atoms with Crippen LogP contribution in [0.15, 0.2) is 37.8 Å². The average Bonchev–Trinajstić information content (AvgIpc) is 3.02. The van der Waals surface area contributed by atoms with Gasteiger partial charge in [0.2, 0.25) is 0 Å². The van der Waals surface area contributed by atoms with Gasteiger partial charge in [-0.3, -0.25) is 18.7 Å². The minimum absolute atomic E-state index is 0.236. The molecule has 1 amide bonds. The lowest BCUT2D eigenvalue weighted by Crippen LogP contribution is -2.37. The van der Waals surface area contributed by atoms with Gasteiger partial charge in [-0.25, -0.2) is 9.78 Å². The van der Waals surface area contributed by atoms with Crippen LogP contribution in [0.4, 0.5) is 0 Å². The monoisotopic (exact) mass is 422 g/mol. The van der Waals surface area contributed by atoms with E-state index in [1.165, 1.54) is 30.9 Å². The largest absolute Gasteiger partial charge is 0.352 e. The van der Waals surface area contributed by atoms with Crippen LogP contribution in [0.2, 0.25) is 0 Å². The van der Waals surface area contributed by atoms with Gasteiger partial charge in [-0.2, -0.15) is 0 Å². The Morgan fingerprint density at radius 3 is 2.72 bits per heavy atom. The Balaban J connectivity index is 1.82. The summed E-state index contributed by atoms with van der Waals surface area (Å²) in [5.41, 5.74) is -0.378. The van der Waals surface area contributed by atoms with Crippen molar-refractivity contribution < 1.29 is 4.79 Å². The number of hydrogen-bond acceptors (Lipinski definition) is 5. The van der Waals surface area contributed by atoms with E-state index in [0.29, 0.717) is 6.54 Å². The topological polar surface area (TPSA) is 86.0 Å². The maximum atomic E-state index is 12.3. The standard InChI is InChI=1S/C16H15BrN4O3S/c1-20-13-11(15(23)21(2)16(20)24)7-9(8-19-13)14(22)18-6-5-10-3-4-12(17)25-10/h3-4,7-8H,5-6H2,1-2H3,(H,18,22). The van der Waals surface area contributed by atoms with Gasteiger partial charge < -0.3 is 5.32 Å². The normalized spacial score (nSPS) is 11.0. The molecule has 0 bridgehead atoms. The van der Waals surface area contributed by atoms with Gasteiger partial charge in [0.1, 0.15) is 5.65 Å². The lowest BCUT2D eigenvalue weighted by molar-refractivity contribution is 0.0954. The lowest BCUT2D eigenvalue weighted by atomic mass is 10.2. The molecule has 0 saturated carbocycles. The molecule has 1 N–H and O–H groups in total. The van der Waals surface area contributed by atoms with Crippen LogP contribution in [0.5, 0.6) is 0 Å². The highest BCUT2D eigenvalue weighted by atomic mass is 79.9. The number of thiophene rings is 1. The van der Waals surface area contributed by atoms with Crippen LogP contribution in [-0.2, 0) is 20.5 Å². The van der Waals surface area contributed by atoms with Crippen molar-refractivity contribution >= 4 is 44.2 Å². The molecule has 7 nitrogen and oxygen atoms in total. The van der Waals surface area contributed by atoms with Crippen LogP contribution < -0.4 is 16.6 Å². The highest BCUT2D eigenvalue weighted by Gasteiger charge is 2.13. The number of aromatic nitrogens is 3. The lowest BCUT2D eigenvalue weighted by Gasteiger charge is -2.08. The van der Waals surface area contributed by atoms with Crippen LogP contribution in [0, 0.1) is 0 Å². The fourth-order valence-corrected chi connectivity index (χ4v) is 3.96. The summed E-state index contributed by atoms with van der Waals surface area (Å²) in [4.78, 5) is 41.7. The predicted octanol–water partition coefficient (Wildman–Crippen LogP) is 1.43. The molecule has 9 heteroatoms. The van der Waals surface area contributed by atoms with E-state index in [9.17, 15) is 14.4 Å². The molecule has 3 aromatic heterocycles. The predicted molar refractivity (Wildman–Crippen MR) is 100 cm³/mol. The third kappa shape index (κ3) is 3.42. The first kappa shape index (κ1) is 17.6. The van der Waals surface area contributed by atoms with Crippen LogP contribution >= 0.6 is 27.3 Å². The van der Waals surface area contributed by atoms with Crippen LogP contribution in [0.3, 0.4) is 0 Å². The minimum Gasteiger partial charge on any atom is -0.352 e. The highest BCUT2D eigenvalue weighted by molar-refractivity contribution is 9.11. The third-order valence-electron chi connectivity index (χ3n) is 3.84. The minimum atomic E-state index is -0.469. The number of nitrogens with zero attached hydrogens (tertiary/aromatic N) is 3. The van der Waals surface area contributed by atoms with E-state index in [1.54, 1.807) is 11.3 Å². The number of carbonyl (C=O) groups is 1. The maximum Gasteiger partial charge on any atom is 0.332 e. The molecule has 0 aliphatic carbocycles. The SMILES string of the molecule is Cn1c(=O)c2cc(C(=O)NCCc3ccc(Br)s3)cnc2n(C)c1=O. The summed E-state index contributed by atoms with van der Waals surface area (Å²) in [6.07, 6.45) is 2.09. The summed E-state index contributed by atoms with van der Waals surface area (Å²) < 4.78 is 3.34. The number of halogens is 1. The molecule has 3 rings (SSSR count). The molecule has 0 spiro atoms. The molecular weight excluding hydrogens is 408 g/mol. The van der Waals surface area contributed by atoms with Crippen molar-refractivity contribution in [2.75, 3.05) is 6.54 Å². The number of amides is 1. The quantitative estimate of drug-likeness (QED) is 0.688. The highest BCUT2D eigenvalue weighted by Crippen LogP contribution is 2.22. The number of aryl methyl sites for hydroxylation is 1. The van der Waals surface area contributed by atoms with E-state index in [4.69, 9.17) is 0 Å². The summed E-state index contributed by atoms with van der Waals surface area (Å²) >= 11 is 5.02. The average molecular weight is 423 g/mol. The smallest absolute Gasteiger partial charge is 0.332 e. The van der Waals surface area contributed by atoms with Crippen molar-refractivity contribution in [1.82, 2.24) is 19.4 Å². The van der Waals surface area contributed by atoms with Crippen LogP contribution in [0.1, 0.15) is 15.2 Å². The van der Waals surface area contributed by atoms with Crippen LogP contribution in [-0.4, -0.2) is 26.6 Å². The van der Waals surface area contributed by atoms with Gasteiger partial charge >= 0.3 is 5.69 Å². The van der Waals surface area contributed by atoms with E-state index in [0.717, 1.165) is 19.7 Å². The summed E-state index contributed by atoms with van der Waals surface area (Å²) in [6, 6.07) is 5.44. The van der Waals surface area contributed by atoms with Crippen molar-refractivity contribution in [3.05, 3.63) is 59.5 Å². The van der Waals surface area contributed by atoms with Crippen molar-refractivity contribution in [3.63, 3.8) is 0 Å². The van der Waals surface area contributed by atoms with E-state index < -0.39 is 11.2 Å². The molecule has 0 unspecified atom stereocenters. The van der Waals surface area contributed by atoms with E-state index in [2.05, 4.69) is 26.2 Å². The fourth-order valence-electron chi connectivity index (χ4n) is 2.48. The van der Waals surface area contributed by atoms with Gasteiger partial charge in [0.25, 0.3) is 11.5 Å². The van der Waals surface area contributed by atoms with Gasteiger partial charge in [0.15, 0.2) is 0 Å². The molecule has 0 aromatic carbocycles. The molecule has 25 heavy (non-hydrogen) atoms. The zero-order valence-electron chi connectivity index (χ0n) is 13.6. The Hall–Kier alpha value is -2.26. The van der Waals surface area contributed by atoms with Gasteiger partial charge in [0, 0.05) is 31.7 Å². The first-order valence-corrected chi connectivity index (χ1v) is 9.07. The van der Waals surface area contributed by atoms with Crippen molar-refractivity contribution in [3.8, 4) is 0 Å². The molecule has 0 atom stereocenters. The molecule has 0 radical (unpaired) electrons. The van der Waals surface area contributed by atoms with Gasteiger partial charge in [-0.05, 0) is 40.5 Å². The Labute approximate surface area is 155 Å². The van der Waals surface area contributed by atoms with E-state index in [1.807, 2.05) is 12.1 Å². The van der Waals surface area contributed by atoms with Crippen molar-refractivity contribution in [2.24, 2.45) is 14.1 Å². The number of nitrogens with one attached hydrogen (secondary N) is 1. The first-order valence-electron chi connectivity index (χ1n) is 7.46. The summed E-state index contributed by atoms with van der Waals surface area (Å²) in [5, 5.41) is 3.05. The van der Waals surface area contributed by atoms with Crippen LogP contribution in [0.25, 0.3) is 11.0 Å². The molecule has 0 aliphatic heterocycles. The zero-order valence-corrected chi connectivity index (χ0v) is 16.0. The van der Waals surface area contributed by atoms with Gasteiger partial charge in [-0.1, -0.05) is 0 Å². The Kier molecular flexibility index (Phi) is 4.87. The molecule has 0 saturated heterocycles. The Bertz CT molecular complexity index is 1080. The van der Waals surface area contributed by atoms with E-state index >= 15 is 0 Å². The molecule has 0 fully saturated rings. The summed E-state index contributed by atoms with van der Waals surface area (Å²) in [7, 11) is 2.94. The fraction of sp³-hybridized carbons (Fsp3) is 0.250. The van der Waals surface area contributed by atoms with Crippen molar-refractivity contribution in [1.29, 1.82) is 0 Å². The second kappa shape index (κ2) is 6.93. The second-order valence-electron chi connectivity index (χ2n) is 5.51. The summed E-state index contributed by atoms with van der Waals surface area (Å²) in [5.74, 6) is -0.305. The third-order valence-corrected chi connectivity index (χ3v) is 5.52. The Morgan fingerprint density at radius 1 is 1.28 bits per heavy atom. The van der Waals surface area contributed by atoms with Gasteiger partial charge in [-0.15, -0.1) is 11.3 Å². The molecule has 130 valence electrons. The molecule has 0 aliphatic rings. The molecule has 3 heterocycles. The molecule has 3 aromatic rings. The number of rotatable bonds is 4. The van der Waals surface area contributed by atoms with Crippen molar-refractivity contribution in [2.45, 2.75) is 6.42 Å². The zero-order chi connectivity index (χ0) is 18.1. The summed E-state index contributed by atoms with van der Waals surface area (Å²) in [6.45, 7) is 0.481. The van der Waals surface area contributed by atoms with E-state index in [-0.39, 0.29) is 22.5 Å². The number of fused-ring (bicyclic) bond motifs is 1. The van der Waals surface area contributed by atoms with Gasteiger partial charge in [0.05, 0.1) is 14.7 Å². The first-order chi connectivity index (χ1) is 11.9.